The molecule has 0 bridgehead atoms. The second-order valence-electron chi connectivity index (χ2n) is 7.33. The third-order valence-corrected chi connectivity index (χ3v) is 6.04. The van der Waals surface area contributed by atoms with Crippen LogP contribution < -0.4 is 0 Å². The second-order valence-corrected chi connectivity index (χ2v) is 8.50. The van der Waals surface area contributed by atoms with Crippen molar-refractivity contribution < 1.29 is 19.2 Å². The number of rotatable bonds is 6. The number of amidine groups is 1. The van der Waals surface area contributed by atoms with Gasteiger partial charge in [-0.3, -0.25) is 19.8 Å². The quantitative estimate of drug-likeness (QED) is 0.396. The molecule has 2 aliphatic heterocycles. The fourth-order valence-electron chi connectivity index (χ4n) is 3.35. The molecule has 2 atom stereocenters. The van der Waals surface area contributed by atoms with Crippen molar-refractivity contribution in [3.05, 3.63) is 51.2 Å². The van der Waals surface area contributed by atoms with Crippen LogP contribution in [0.15, 0.2) is 40.5 Å². The average molecular weight is 417 g/mol. The molecule has 2 unspecified atom stereocenters. The standard InChI is InChI=1S/C20H23N3O5S/c1-5-15-18(24)22-17(13-8-6-7-9-14(13)23(26)27)16(12(4)21-20(22)29-15)19(25)28-10-11(2)3/h6-9,11,15,17H,5,10H2,1-4H3. The Morgan fingerprint density at radius 1 is 1.38 bits per heavy atom. The van der Waals surface area contributed by atoms with Gasteiger partial charge in [0.05, 0.1) is 33.6 Å². The highest BCUT2D eigenvalue weighted by atomic mass is 32.2. The maximum absolute atomic E-state index is 13.1. The molecule has 154 valence electrons. The zero-order chi connectivity index (χ0) is 21.3. The summed E-state index contributed by atoms with van der Waals surface area (Å²) in [5, 5.41) is 11.8. The molecule has 1 saturated heterocycles. The first kappa shape index (κ1) is 21.0. The Hall–Kier alpha value is -2.68. The van der Waals surface area contributed by atoms with E-state index in [4.69, 9.17) is 4.74 Å². The lowest BCUT2D eigenvalue weighted by atomic mass is 9.93. The molecule has 0 aliphatic carbocycles. The summed E-state index contributed by atoms with van der Waals surface area (Å²) >= 11 is 1.32. The van der Waals surface area contributed by atoms with Crippen molar-refractivity contribution in [2.45, 2.75) is 45.4 Å². The molecule has 0 saturated carbocycles. The van der Waals surface area contributed by atoms with E-state index in [-0.39, 0.29) is 40.5 Å². The maximum Gasteiger partial charge on any atom is 0.338 e. The molecule has 29 heavy (non-hydrogen) atoms. The lowest BCUT2D eigenvalue weighted by Gasteiger charge is -2.32. The molecule has 1 aromatic carbocycles. The number of benzene rings is 1. The molecule has 2 aliphatic rings. The molecule has 3 rings (SSSR count). The van der Waals surface area contributed by atoms with Crippen molar-refractivity contribution in [3.8, 4) is 0 Å². The maximum atomic E-state index is 13.1. The Bertz CT molecular complexity index is 924. The lowest BCUT2D eigenvalue weighted by molar-refractivity contribution is -0.385. The topological polar surface area (TPSA) is 102 Å². The van der Waals surface area contributed by atoms with Crippen LogP contribution in [0.3, 0.4) is 0 Å². The molecule has 1 fully saturated rings. The van der Waals surface area contributed by atoms with E-state index < -0.39 is 16.9 Å². The summed E-state index contributed by atoms with van der Waals surface area (Å²) in [5.74, 6) is -0.693. The van der Waals surface area contributed by atoms with Gasteiger partial charge in [0.25, 0.3) is 5.69 Å². The van der Waals surface area contributed by atoms with Crippen molar-refractivity contribution in [3.63, 3.8) is 0 Å². The lowest BCUT2D eigenvalue weighted by Crippen LogP contribution is -2.41. The van der Waals surface area contributed by atoms with E-state index in [2.05, 4.69) is 4.99 Å². The number of fused-ring (bicyclic) bond motifs is 1. The molecule has 0 N–H and O–H groups in total. The van der Waals surface area contributed by atoms with E-state index in [0.717, 1.165) is 0 Å². The Balaban J connectivity index is 2.16. The summed E-state index contributed by atoms with van der Waals surface area (Å²) in [4.78, 5) is 43.1. The number of amides is 1. The third kappa shape index (κ3) is 3.91. The average Bonchev–Trinajstić information content (AvgIpc) is 3.00. The van der Waals surface area contributed by atoms with Gasteiger partial charge in [-0.1, -0.05) is 44.7 Å². The van der Waals surface area contributed by atoms with Crippen LogP contribution >= 0.6 is 11.8 Å². The van der Waals surface area contributed by atoms with Gasteiger partial charge in [-0.15, -0.1) is 0 Å². The number of carbonyl (C=O) groups is 2. The Morgan fingerprint density at radius 2 is 2.07 bits per heavy atom. The minimum absolute atomic E-state index is 0.125. The van der Waals surface area contributed by atoms with Gasteiger partial charge in [-0.2, -0.15) is 0 Å². The first-order chi connectivity index (χ1) is 13.8. The highest BCUT2D eigenvalue weighted by Gasteiger charge is 2.48. The number of para-hydroxylation sites is 1. The molecule has 1 amide bonds. The second kappa shape index (κ2) is 8.36. The first-order valence-corrected chi connectivity index (χ1v) is 10.3. The number of hydrogen-bond donors (Lipinski definition) is 0. The van der Waals surface area contributed by atoms with E-state index in [0.29, 0.717) is 17.3 Å². The summed E-state index contributed by atoms with van der Waals surface area (Å²) in [5.41, 5.74) is 0.685. The van der Waals surface area contributed by atoms with E-state index in [1.807, 2.05) is 20.8 Å². The minimum atomic E-state index is -0.944. The summed E-state index contributed by atoms with van der Waals surface area (Å²) in [6.07, 6.45) is 0.592. The highest BCUT2D eigenvalue weighted by molar-refractivity contribution is 8.15. The van der Waals surface area contributed by atoms with Crippen LogP contribution in [0.2, 0.25) is 0 Å². The number of ether oxygens (including phenoxy) is 1. The number of nitro groups is 1. The van der Waals surface area contributed by atoms with Gasteiger partial charge in [0.15, 0.2) is 5.17 Å². The zero-order valence-electron chi connectivity index (χ0n) is 16.7. The van der Waals surface area contributed by atoms with Crippen LogP contribution in [0.1, 0.15) is 45.7 Å². The van der Waals surface area contributed by atoms with Crippen molar-refractivity contribution in [1.82, 2.24) is 4.90 Å². The number of carbonyl (C=O) groups excluding carboxylic acids is 2. The monoisotopic (exact) mass is 417 g/mol. The zero-order valence-corrected chi connectivity index (χ0v) is 17.6. The van der Waals surface area contributed by atoms with Gasteiger partial charge in [0, 0.05) is 6.07 Å². The summed E-state index contributed by atoms with van der Waals surface area (Å²) in [7, 11) is 0. The van der Waals surface area contributed by atoms with Gasteiger partial charge in [0.1, 0.15) is 6.04 Å². The van der Waals surface area contributed by atoms with Gasteiger partial charge in [-0.05, 0) is 25.3 Å². The van der Waals surface area contributed by atoms with Crippen molar-refractivity contribution >= 4 is 34.5 Å². The summed E-state index contributed by atoms with van der Waals surface area (Å²) in [6, 6.07) is 5.22. The van der Waals surface area contributed by atoms with Crippen LogP contribution in [0.25, 0.3) is 0 Å². The normalized spacial score (nSPS) is 21.3. The Morgan fingerprint density at radius 3 is 2.69 bits per heavy atom. The molecule has 1 aromatic rings. The van der Waals surface area contributed by atoms with Crippen LogP contribution in [-0.4, -0.2) is 38.7 Å². The van der Waals surface area contributed by atoms with Crippen molar-refractivity contribution in [1.29, 1.82) is 0 Å². The third-order valence-electron chi connectivity index (χ3n) is 4.72. The van der Waals surface area contributed by atoms with Gasteiger partial charge >= 0.3 is 5.97 Å². The number of hydrogen-bond acceptors (Lipinski definition) is 7. The SMILES string of the molecule is CCC1SC2=NC(C)=C(C(=O)OCC(C)C)C(c3ccccc3[N+](=O)[O-])N2C1=O. The van der Waals surface area contributed by atoms with E-state index in [1.165, 1.54) is 22.7 Å². The predicted octanol–water partition coefficient (Wildman–Crippen LogP) is 3.83. The first-order valence-electron chi connectivity index (χ1n) is 9.45. The van der Waals surface area contributed by atoms with Gasteiger partial charge < -0.3 is 4.74 Å². The Labute approximate surface area is 173 Å². The minimum Gasteiger partial charge on any atom is -0.462 e. The summed E-state index contributed by atoms with van der Waals surface area (Å²) in [6.45, 7) is 7.60. The molecular weight excluding hydrogens is 394 g/mol. The summed E-state index contributed by atoms with van der Waals surface area (Å²) < 4.78 is 5.42. The molecule has 8 nitrogen and oxygen atoms in total. The fourth-order valence-corrected chi connectivity index (χ4v) is 4.48. The van der Waals surface area contributed by atoms with Crippen LogP contribution in [0, 0.1) is 16.0 Å². The number of allylic oxidation sites excluding steroid dienone is 1. The molecule has 2 heterocycles. The number of nitrogens with zero attached hydrogens (tertiary/aromatic N) is 3. The molecule has 0 aromatic heterocycles. The van der Waals surface area contributed by atoms with E-state index in [9.17, 15) is 19.7 Å². The van der Waals surface area contributed by atoms with Gasteiger partial charge in [0.2, 0.25) is 5.91 Å². The van der Waals surface area contributed by atoms with Gasteiger partial charge in [-0.25, -0.2) is 9.79 Å². The number of nitro benzene ring substituents is 1. The van der Waals surface area contributed by atoms with E-state index in [1.54, 1.807) is 25.1 Å². The number of thioether (sulfide) groups is 1. The predicted molar refractivity (Wildman–Crippen MR) is 110 cm³/mol. The number of aliphatic imine (C=N–C) groups is 1. The van der Waals surface area contributed by atoms with Crippen LogP contribution in [0.5, 0.6) is 0 Å². The Kier molecular flexibility index (Phi) is 6.07. The fraction of sp³-hybridized carbons (Fsp3) is 0.450. The molecule has 0 spiro atoms. The highest BCUT2D eigenvalue weighted by Crippen LogP contribution is 2.46. The van der Waals surface area contributed by atoms with E-state index >= 15 is 0 Å². The largest absolute Gasteiger partial charge is 0.462 e. The molecular formula is C20H23N3O5S. The number of esters is 1. The molecule has 9 heteroatoms. The molecule has 0 radical (unpaired) electrons. The van der Waals surface area contributed by atoms with Crippen molar-refractivity contribution in [2.75, 3.05) is 6.61 Å². The van der Waals surface area contributed by atoms with Crippen LogP contribution in [-0.2, 0) is 14.3 Å². The van der Waals surface area contributed by atoms with Crippen LogP contribution in [0.4, 0.5) is 5.69 Å². The van der Waals surface area contributed by atoms with Crippen molar-refractivity contribution in [2.24, 2.45) is 10.9 Å². The smallest absolute Gasteiger partial charge is 0.338 e.